The molecule has 1 amide bonds. The standard InChI is InChI=1S/C35H36F4N6O.C3H8.C2H2/c1-22(25-10-14-34(36,37)15-11-25)40-20-31-41-19-30(45-31)26-7-4-23(5-8-26)2-3-24-6-9-28-29(18-24)44-32(43-28)21-42-33(46)27-12-16-35(38,39)17-13-27;1-3-2;1-2/h4-9,18-19,25,27,40H,1,10-17,20-21H2,(H,41,45)(H,42,46)(H,43,44);3H2,1-2H3;1-2H. The zero-order valence-corrected chi connectivity index (χ0v) is 29.2. The van der Waals surface area contributed by atoms with E-state index in [0.29, 0.717) is 25.2 Å². The maximum atomic E-state index is 13.5. The van der Waals surface area contributed by atoms with E-state index < -0.39 is 11.8 Å². The third-order valence-corrected chi connectivity index (χ3v) is 8.92. The molecule has 2 heterocycles. The van der Waals surface area contributed by atoms with E-state index in [2.05, 4.69) is 75.7 Å². The first-order valence-corrected chi connectivity index (χ1v) is 17.4. The Bertz CT molecular complexity index is 1830. The number of halogens is 4. The number of hydrogen-bond donors (Lipinski definition) is 4. The van der Waals surface area contributed by atoms with Gasteiger partial charge in [0.1, 0.15) is 11.6 Å². The van der Waals surface area contributed by atoms with Gasteiger partial charge in [-0.25, -0.2) is 27.5 Å². The quantitative estimate of drug-likeness (QED) is 0.109. The number of aromatic nitrogens is 4. The molecule has 51 heavy (non-hydrogen) atoms. The molecular formula is C40H46F4N6O. The fourth-order valence-corrected chi connectivity index (χ4v) is 6.05. The smallest absolute Gasteiger partial charge is 0.248 e. The second kappa shape index (κ2) is 17.8. The van der Waals surface area contributed by atoms with Crippen LogP contribution in [0.1, 0.15) is 94.4 Å². The van der Waals surface area contributed by atoms with E-state index in [1.807, 2.05) is 42.5 Å². The predicted octanol–water partition coefficient (Wildman–Crippen LogP) is 8.89. The van der Waals surface area contributed by atoms with E-state index in [1.54, 1.807) is 6.20 Å². The minimum absolute atomic E-state index is 0.0515. The van der Waals surface area contributed by atoms with Gasteiger partial charge in [-0.2, -0.15) is 0 Å². The summed E-state index contributed by atoms with van der Waals surface area (Å²) in [5, 5.41) is 6.07. The molecule has 270 valence electrons. The number of fused-ring (bicyclic) bond motifs is 1. The fourth-order valence-electron chi connectivity index (χ4n) is 6.05. The molecule has 6 rings (SSSR count). The number of alkyl halides is 4. The first kappa shape index (κ1) is 38.8. The van der Waals surface area contributed by atoms with E-state index >= 15 is 0 Å². The van der Waals surface area contributed by atoms with Gasteiger partial charge >= 0.3 is 0 Å². The molecule has 0 bridgehead atoms. The summed E-state index contributed by atoms with van der Waals surface area (Å²) in [6, 6.07) is 13.4. The lowest BCUT2D eigenvalue weighted by Gasteiger charge is -2.29. The second-order valence-electron chi connectivity index (χ2n) is 13.1. The average molecular weight is 703 g/mol. The predicted molar refractivity (Wildman–Crippen MR) is 194 cm³/mol. The van der Waals surface area contributed by atoms with Gasteiger partial charge in [-0.05, 0) is 67.5 Å². The molecule has 4 N–H and O–H groups in total. The molecule has 2 aliphatic carbocycles. The van der Waals surface area contributed by atoms with Crippen LogP contribution in [0, 0.1) is 36.5 Å². The van der Waals surface area contributed by atoms with Crippen LogP contribution in [0.3, 0.4) is 0 Å². The molecule has 2 saturated carbocycles. The van der Waals surface area contributed by atoms with Crippen molar-refractivity contribution in [3.05, 3.63) is 83.7 Å². The molecular weight excluding hydrogens is 656 g/mol. The maximum absolute atomic E-state index is 13.5. The fraction of sp³-hybridized carbons (Fsp3) is 0.425. The molecule has 4 aromatic rings. The zero-order valence-electron chi connectivity index (χ0n) is 29.2. The van der Waals surface area contributed by atoms with Crippen molar-refractivity contribution in [2.24, 2.45) is 11.8 Å². The van der Waals surface area contributed by atoms with Gasteiger partial charge in [0.05, 0.1) is 36.0 Å². The third-order valence-electron chi connectivity index (χ3n) is 8.92. The minimum atomic E-state index is -2.66. The van der Waals surface area contributed by atoms with Crippen LogP contribution in [0.5, 0.6) is 0 Å². The number of imidazole rings is 2. The number of allylic oxidation sites excluding steroid dienone is 1. The summed E-state index contributed by atoms with van der Waals surface area (Å²) in [5.41, 5.74) is 5.76. The SMILES string of the molecule is C#C.C=C(NCc1ncc(-c2ccc(C#Cc3ccc4nc(CNC(=O)C5CCC(F)(F)CC5)[nH]c4c3)cc2)[nH]1)C1CCC(F)(F)CC1.CCC. The summed E-state index contributed by atoms with van der Waals surface area (Å²) >= 11 is 0. The first-order valence-electron chi connectivity index (χ1n) is 17.4. The molecule has 2 aromatic carbocycles. The largest absolute Gasteiger partial charge is 0.381 e. The van der Waals surface area contributed by atoms with Gasteiger partial charge in [0, 0.05) is 48.4 Å². The highest BCUT2D eigenvalue weighted by Gasteiger charge is 2.37. The number of nitrogens with zero attached hydrogens (tertiary/aromatic N) is 2. The number of carbonyl (C=O) groups is 1. The van der Waals surface area contributed by atoms with E-state index in [9.17, 15) is 22.4 Å². The minimum Gasteiger partial charge on any atom is -0.381 e. The van der Waals surface area contributed by atoms with E-state index in [1.165, 1.54) is 6.42 Å². The van der Waals surface area contributed by atoms with E-state index in [0.717, 1.165) is 44.9 Å². The van der Waals surface area contributed by atoms with Crippen molar-refractivity contribution in [3.8, 4) is 35.9 Å². The Morgan fingerprint density at radius 2 is 1.39 bits per heavy atom. The van der Waals surface area contributed by atoms with Crippen LogP contribution in [0.2, 0.25) is 0 Å². The number of rotatable bonds is 8. The van der Waals surface area contributed by atoms with E-state index in [4.69, 9.17) is 0 Å². The lowest BCUT2D eigenvalue weighted by molar-refractivity contribution is -0.129. The normalized spacial score (nSPS) is 16.7. The Morgan fingerprint density at radius 3 is 2.02 bits per heavy atom. The second-order valence-corrected chi connectivity index (χ2v) is 13.1. The van der Waals surface area contributed by atoms with Gasteiger partial charge in [-0.15, -0.1) is 12.8 Å². The van der Waals surface area contributed by atoms with Crippen molar-refractivity contribution in [1.29, 1.82) is 0 Å². The van der Waals surface area contributed by atoms with Crippen molar-refractivity contribution in [2.45, 2.75) is 96.6 Å². The highest BCUT2D eigenvalue weighted by atomic mass is 19.3. The van der Waals surface area contributed by atoms with Crippen molar-refractivity contribution < 1.29 is 22.4 Å². The Hall–Kier alpha value is -5.03. The van der Waals surface area contributed by atoms with Crippen LogP contribution in [0.4, 0.5) is 17.6 Å². The van der Waals surface area contributed by atoms with Crippen LogP contribution in [-0.4, -0.2) is 37.7 Å². The van der Waals surface area contributed by atoms with Gasteiger partial charge in [0.15, 0.2) is 0 Å². The zero-order chi connectivity index (χ0) is 37.0. The lowest BCUT2D eigenvalue weighted by Crippen LogP contribution is -2.35. The van der Waals surface area contributed by atoms with Crippen LogP contribution >= 0.6 is 0 Å². The molecule has 0 aliphatic heterocycles. The summed E-state index contributed by atoms with van der Waals surface area (Å²) in [6.07, 6.45) is 11.6. The van der Waals surface area contributed by atoms with Gasteiger partial charge in [-0.1, -0.05) is 50.8 Å². The van der Waals surface area contributed by atoms with Crippen LogP contribution in [0.25, 0.3) is 22.3 Å². The third kappa shape index (κ3) is 11.2. The number of benzene rings is 2. The maximum Gasteiger partial charge on any atom is 0.248 e. The molecule has 0 unspecified atom stereocenters. The summed E-state index contributed by atoms with van der Waals surface area (Å²) in [5.74, 6) is 1.91. The number of carbonyl (C=O) groups excluding carboxylic acids is 1. The number of hydrogen-bond acceptors (Lipinski definition) is 4. The number of amides is 1. The van der Waals surface area contributed by atoms with Gasteiger partial charge in [-0.3, -0.25) is 4.79 Å². The van der Waals surface area contributed by atoms with Crippen molar-refractivity contribution in [3.63, 3.8) is 0 Å². The molecule has 0 radical (unpaired) electrons. The number of nitrogens with one attached hydrogen (secondary N) is 4. The van der Waals surface area contributed by atoms with E-state index in [-0.39, 0.29) is 62.8 Å². The topological polar surface area (TPSA) is 98.5 Å². The Balaban J connectivity index is 0.00000111. The summed E-state index contributed by atoms with van der Waals surface area (Å²) < 4.78 is 53.7. The Kier molecular flexibility index (Phi) is 13.5. The van der Waals surface area contributed by atoms with Crippen molar-refractivity contribution in [2.75, 3.05) is 0 Å². The molecule has 0 saturated heterocycles. The van der Waals surface area contributed by atoms with Crippen molar-refractivity contribution in [1.82, 2.24) is 30.6 Å². The Morgan fingerprint density at radius 1 is 0.843 bits per heavy atom. The molecule has 0 atom stereocenters. The molecule has 2 fully saturated rings. The van der Waals surface area contributed by atoms with Gasteiger partial charge in [0.2, 0.25) is 17.8 Å². The number of H-pyrrole nitrogens is 2. The number of aromatic amines is 2. The lowest BCUT2D eigenvalue weighted by atomic mass is 9.85. The highest BCUT2D eigenvalue weighted by Crippen LogP contribution is 2.38. The average Bonchev–Trinajstić information content (AvgIpc) is 3.77. The van der Waals surface area contributed by atoms with Crippen LogP contribution in [0.15, 0.2) is 60.9 Å². The first-order chi connectivity index (χ1) is 24.4. The van der Waals surface area contributed by atoms with Crippen LogP contribution < -0.4 is 10.6 Å². The van der Waals surface area contributed by atoms with Crippen molar-refractivity contribution >= 4 is 16.9 Å². The molecule has 11 heteroatoms. The summed E-state index contributed by atoms with van der Waals surface area (Å²) in [7, 11) is 0. The number of terminal acetylenes is 1. The van der Waals surface area contributed by atoms with Gasteiger partial charge < -0.3 is 20.6 Å². The molecule has 2 aromatic heterocycles. The summed E-state index contributed by atoms with van der Waals surface area (Å²) in [6.45, 7) is 8.94. The molecule has 0 spiro atoms. The van der Waals surface area contributed by atoms with Crippen LogP contribution in [-0.2, 0) is 17.9 Å². The Labute approximate surface area is 297 Å². The highest BCUT2D eigenvalue weighted by molar-refractivity contribution is 5.79. The van der Waals surface area contributed by atoms with Gasteiger partial charge in [0.25, 0.3) is 0 Å². The molecule has 7 nitrogen and oxygen atoms in total. The monoisotopic (exact) mass is 702 g/mol. The molecule has 2 aliphatic rings. The summed E-state index contributed by atoms with van der Waals surface area (Å²) in [4.78, 5) is 27.9.